The molecule has 29 heavy (non-hydrogen) atoms. The first-order valence-corrected chi connectivity index (χ1v) is 9.58. The second-order valence-corrected chi connectivity index (χ2v) is 8.25. The van der Waals surface area contributed by atoms with Gasteiger partial charge in [0.1, 0.15) is 0 Å². The number of hydrogen-bond acceptors (Lipinski definition) is 3. The van der Waals surface area contributed by atoms with Gasteiger partial charge < -0.3 is 15.3 Å². The van der Waals surface area contributed by atoms with Gasteiger partial charge in [0.2, 0.25) is 0 Å². The van der Waals surface area contributed by atoms with Crippen molar-refractivity contribution >= 4 is 5.91 Å². The van der Waals surface area contributed by atoms with Crippen LogP contribution in [0.4, 0.5) is 13.2 Å². The van der Waals surface area contributed by atoms with Crippen LogP contribution in [-0.4, -0.2) is 48.8 Å². The number of fused-ring (bicyclic) bond motifs is 3. The van der Waals surface area contributed by atoms with Crippen molar-refractivity contribution in [2.75, 3.05) is 26.7 Å². The molecule has 0 spiro atoms. The first-order chi connectivity index (χ1) is 13.6. The molecule has 4 rings (SSSR count). The van der Waals surface area contributed by atoms with Crippen LogP contribution < -0.4 is 5.32 Å². The Balaban J connectivity index is 1.75. The maximum Gasteiger partial charge on any atom is 0.421 e. The summed E-state index contributed by atoms with van der Waals surface area (Å²) in [5.74, 6) is 0.443. The van der Waals surface area contributed by atoms with Gasteiger partial charge in [0.25, 0.3) is 5.91 Å². The van der Waals surface area contributed by atoms with Gasteiger partial charge in [-0.25, -0.2) is 0 Å². The highest BCUT2D eigenvalue weighted by Crippen LogP contribution is 2.40. The first-order valence-electron chi connectivity index (χ1n) is 9.58. The molecule has 2 aliphatic rings. The Labute approximate surface area is 167 Å². The van der Waals surface area contributed by atoms with Crippen LogP contribution >= 0.6 is 0 Å². The average molecular weight is 404 g/mol. The number of nitrogens with zero attached hydrogens (tertiary/aromatic N) is 1. The van der Waals surface area contributed by atoms with Crippen molar-refractivity contribution < 1.29 is 23.1 Å². The Hall–Kier alpha value is -2.38. The van der Waals surface area contributed by atoms with Crippen LogP contribution in [0, 0.1) is 5.92 Å². The van der Waals surface area contributed by atoms with Crippen molar-refractivity contribution in [3.8, 4) is 11.1 Å². The lowest BCUT2D eigenvalue weighted by Crippen LogP contribution is -2.39. The Bertz CT molecular complexity index is 955. The normalized spacial score (nSPS) is 24.3. The van der Waals surface area contributed by atoms with Crippen LogP contribution in [0.15, 0.2) is 42.5 Å². The van der Waals surface area contributed by atoms with E-state index in [1.807, 2.05) is 12.1 Å². The molecule has 4 nitrogen and oxygen atoms in total. The largest absolute Gasteiger partial charge is 0.421 e. The summed E-state index contributed by atoms with van der Waals surface area (Å²) in [5, 5.41) is 13.0. The van der Waals surface area contributed by atoms with E-state index < -0.39 is 11.8 Å². The average Bonchev–Trinajstić information content (AvgIpc) is 2.99. The number of likely N-dealkylation sites (N-methyl/N-ethyl adjacent to an activating group) is 1. The summed E-state index contributed by atoms with van der Waals surface area (Å²) < 4.78 is 39.7. The summed E-state index contributed by atoms with van der Waals surface area (Å²) in [5.41, 5.74) is -0.474. The zero-order valence-corrected chi connectivity index (χ0v) is 16.3. The summed E-state index contributed by atoms with van der Waals surface area (Å²) in [6.07, 6.45) is -4.79. The Morgan fingerprint density at radius 1 is 1.10 bits per heavy atom. The molecule has 2 aromatic rings. The summed E-state index contributed by atoms with van der Waals surface area (Å²) in [4.78, 5) is 14.9. The lowest BCUT2D eigenvalue weighted by molar-refractivity contribution is -0.258. The quantitative estimate of drug-likeness (QED) is 0.806. The zero-order chi connectivity index (χ0) is 21.0. The predicted molar refractivity (Wildman–Crippen MR) is 104 cm³/mol. The van der Waals surface area contributed by atoms with Gasteiger partial charge in [-0.15, -0.1) is 0 Å². The molecule has 3 atom stereocenters. The number of benzene rings is 2. The molecule has 1 saturated heterocycles. The van der Waals surface area contributed by atoms with Crippen LogP contribution in [0.3, 0.4) is 0 Å². The van der Waals surface area contributed by atoms with Gasteiger partial charge in [-0.2, -0.15) is 13.2 Å². The van der Waals surface area contributed by atoms with E-state index in [1.165, 1.54) is 18.2 Å². The third-order valence-electron chi connectivity index (χ3n) is 6.16. The second kappa shape index (κ2) is 6.85. The van der Waals surface area contributed by atoms with Gasteiger partial charge in [-0.3, -0.25) is 4.79 Å². The molecule has 0 aromatic heterocycles. The molecule has 154 valence electrons. The van der Waals surface area contributed by atoms with Gasteiger partial charge in [0, 0.05) is 31.1 Å². The van der Waals surface area contributed by atoms with Crippen molar-refractivity contribution in [2.45, 2.75) is 24.6 Å². The van der Waals surface area contributed by atoms with E-state index in [0.29, 0.717) is 29.2 Å². The van der Waals surface area contributed by atoms with Gasteiger partial charge in [-0.05, 0) is 54.3 Å². The fraction of sp³-hybridized carbons (Fsp3) is 0.409. The van der Waals surface area contributed by atoms with E-state index in [9.17, 15) is 23.1 Å². The number of carbonyl (C=O) groups is 1. The molecule has 0 radical (unpaired) electrons. The minimum absolute atomic E-state index is 0.155. The Kier molecular flexibility index (Phi) is 4.70. The molecule has 2 aliphatic heterocycles. The number of aliphatic hydroxyl groups is 1. The highest BCUT2D eigenvalue weighted by molar-refractivity contribution is 5.97. The van der Waals surface area contributed by atoms with Crippen LogP contribution in [0.5, 0.6) is 0 Å². The minimum atomic E-state index is -4.79. The fourth-order valence-electron chi connectivity index (χ4n) is 4.39. The number of rotatable bonds is 2. The van der Waals surface area contributed by atoms with Crippen molar-refractivity contribution in [1.82, 2.24) is 10.2 Å². The van der Waals surface area contributed by atoms with Crippen LogP contribution in [0.2, 0.25) is 0 Å². The smallest absolute Gasteiger partial charge is 0.376 e. The zero-order valence-electron chi connectivity index (χ0n) is 16.3. The van der Waals surface area contributed by atoms with Crippen molar-refractivity contribution in [3.63, 3.8) is 0 Å². The number of nitrogens with one attached hydrogen (secondary N) is 1. The lowest BCUT2D eigenvalue weighted by atomic mass is 9.85. The molecule has 1 unspecified atom stereocenters. The number of halogens is 3. The SMILES string of the molecule is CN1C[C@H]2CNC(=O)c3cc(-c4cccc(C(C)(O)C(F)(F)F)c4)ccc3[C@@H]2C1. The van der Waals surface area contributed by atoms with Crippen LogP contribution in [0.25, 0.3) is 11.1 Å². The third-order valence-corrected chi connectivity index (χ3v) is 6.16. The standard InChI is InChI=1S/C22H23F3N2O2/c1-21(29,22(23,24)25)16-5-3-4-13(8-16)14-6-7-17-18(9-14)20(28)26-10-15-11-27(2)12-19(15)17/h3-9,15,19,29H,10-12H2,1-2H3,(H,26,28)/t15-,19-,21?/m1/s1. The maximum absolute atomic E-state index is 13.2. The molecule has 2 aromatic carbocycles. The van der Waals surface area contributed by atoms with E-state index in [2.05, 4.69) is 17.3 Å². The van der Waals surface area contributed by atoms with Crippen molar-refractivity contribution in [3.05, 3.63) is 59.2 Å². The van der Waals surface area contributed by atoms with E-state index in [-0.39, 0.29) is 17.4 Å². The molecule has 0 aliphatic carbocycles. The van der Waals surface area contributed by atoms with Gasteiger partial charge in [0.15, 0.2) is 5.60 Å². The first kappa shape index (κ1) is 19.9. The number of alkyl halides is 3. The highest BCUT2D eigenvalue weighted by Gasteiger charge is 2.51. The lowest BCUT2D eigenvalue weighted by Gasteiger charge is -2.27. The van der Waals surface area contributed by atoms with E-state index in [0.717, 1.165) is 25.6 Å². The van der Waals surface area contributed by atoms with E-state index >= 15 is 0 Å². The van der Waals surface area contributed by atoms with Crippen molar-refractivity contribution in [1.29, 1.82) is 0 Å². The molecular weight excluding hydrogens is 381 g/mol. The molecule has 7 heteroatoms. The predicted octanol–water partition coefficient (Wildman–Crippen LogP) is 3.51. The summed E-state index contributed by atoms with van der Waals surface area (Å²) in [7, 11) is 2.06. The molecular formula is C22H23F3N2O2. The van der Waals surface area contributed by atoms with Crippen LogP contribution in [0.1, 0.15) is 34.3 Å². The monoisotopic (exact) mass is 404 g/mol. The molecule has 1 fully saturated rings. The molecule has 0 bridgehead atoms. The number of likely N-dealkylation sites (tertiary alicyclic amines) is 1. The van der Waals surface area contributed by atoms with Gasteiger partial charge in [0.05, 0.1) is 0 Å². The highest BCUT2D eigenvalue weighted by atomic mass is 19.4. The number of amides is 1. The van der Waals surface area contributed by atoms with Crippen LogP contribution in [-0.2, 0) is 5.60 Å². The van der Waals surface area contributed by atoms with Gasteiger partial charge >= 0.3 is 6.18 Å². The molecule has 2 N–H and O–H groups in total. The fourth-order valence-corrected chi connectivity index (χ4v) is 4.39. The maximum atomic E-state index is 13.2. The Morgan fingerprint density at radius 3 is 2.55 bits per heavy atom. The van der Waals surface area contributed by atoms with E-state index in [4.69, 9.17) is 0 Å². The summed E-state index contributed by atoms with van der Waals surface area (Å²) in [6.45, 7) is 3.14. The summed E-state index contributed by atoms with van der Waals surface area (Å²) >= 11 is 0. The molecule has 0 saturated carbocycles. The van der Waals surface area contributed by atoms with Crippen molar-refractivity contribution in [2.24, 2.45) is 5.92 Å². The topological polar surface area (TPSA) is 52.6 Å². The Morgan fingerprint density at radius 2 is 1.83 bits per heavy atom. The third kappa shape index (κ3) is 3.42. The number of carbonyl (C=O) groups excluding carboxylic acids is 1. The van der Waals surface area contributed by atoms with E-state index in [1.54, 1.807) is 12.1 Å². The van der Waals surface area contributed by atoms with Gasteiger partial charge in [-0.1, -0.05) is 30.3 Å². The summed E-state index contributed by atoms with van der Waals surface area (Å²) in [6, 6.07) is 11.3. The second-order valence-electron chi connectivity index (χ2n) is 8.25. The number of hydrogen-bond donors (Lipinski definition) is 2. The molecule has 2 heterocycles. The minimum Gasteiger partial charge on any atom is -0.376 e. The molecule has 1 amide bonds.